The van der Waals surface area contributed by atoms with E-state index in [0.29, 0.717) is 65.0 Å². The third-order valence-corrected chi connectivity index (χ3v) is 29.1. The zero-order chi connectivity index (χ0) is 75.0. The molecule has 0 aromatic heterocycles. The molecule has 4 N–H and O–H groups in total. The minimum Gasteiger partial charge on any atom is -0.354 e. The molecule has 4 amide bonds. The van der Waals surface area contributed by atoms with Crippen molar-refractivity contribution in [1.82, 2.24) is 21.3 Å². The number of hydrogen-bond acceptors (Lipinski definition) is 14. The van der Waals surface area contributed by atoms with Crippen LogP contribution in [-0.2, 0) is 40.8 Å². The quantitative estimate of drug-likeness (QED) is 0.0653. The Morgan fingerprint density at radius 2 is 0.704 bits per heavy atom. The largest absolute Gasteiger partial charge is 0.354 e. The molecule has 0 bridgehead atoms. The third kappa shape index (κ3) is 15.9. The first kappa shape index (κ1) is 75.7. The zero-order valence-corrected chi connectivity index (χ0v) is 68.6. The second kappa shape index (κ2) is 31.6. The molecule has 12 nitrogen and oxygen atoms in total. The smallest absolute Gasteiger partial charge is 0.231 e. The summed E-state index contributed by atoms with van der Waals surface area (Å²) in [5.74, 6) is -0.151. The highest BCUT2D eigenvalue weighted by Crippen LogP contribution is 2.64. The van der Waals surface area contributed by atoms with E-state index in [1.54, 1.807) is 21.6 Å². The van der Waals surface area contributed by atoms with Gasteiger partial charge in [0.1, 0.15) is 4.08 Å². The molecular weight excluding hydrogens is 1490 g/mol. The van der Waals surface area contributed by atoms with Gasteiger partial charge in [0, 0.05) is 108 Å². The molecular formula is C88H90N8O4S8+2. The summed E-state index contributed by atoms with van der Waals surface area (Å²) in [7, 11) is 14.1. The van der Waals surface area contributed by atoms with Gasteiger partial charge in [0.05, 0.1) is 33.8 Å². The summed E-state index contributed by atoms with van der Waals surface area (Å²) in [6, 6.07) is 51.7. The first-order valence-corrected chi connectivity index (χ1v) is 46.2. The van der Waals surface area contributed by atoms with E-state index in [9.17, 15) is 19.2 Å². The number of benzene rings is 8. The molecule has 2 spiro atoms. The second-order valence-corrected chi connectivity index (χ2v) is 41.8. The Kier molecular flexibility index (Phi) is 22.2. The first-order chi connectivity index (χ1) is 52.2. The summed E-state index contributed by atoms with van der Waals surface area (Å²) in [4.78, 5) is 58.2. The molecule has 10 aliphatic rings. The summed E-state index contributed by atoms with van der Waals surface area (Å²) >= 11 is 0. The van der Waals surface area contributed by atoms with E-state index in [1.165, 1.54) is 109 Å². The van der Waals surface area contributed by atoms with E-state index in [-0.39, 0.29) is 49.4 Å². The minimum absolute atomic E-state index is 0.0171. The Morgan fingerprint density at radius 1 is 0.361 bits per heavy atom. The SMILES string of the molecule is C1SS1.C1SS1.CC1(C)C2=[N+](CCC(=O)NC3(NC(=O)CCN4/C(=C/C=C/C=C/C=C/2)C(C)(C)c2c4ccc4ccccc24)SS3)c2ccc3ccccc3c21.CC1(C)C2=[N+](CCC(=O)NCC3(CNC(=O)CCN4/C(=C/C=C/C=C/C=C/2)C(C)(C)c2c4ccc4ccccc24)SS3)c2ccc3ccccc3c21. The Balaban J connectivity index is 0.000000160. The van der Waals surface area contributed by atoms with Crippen LogP contribution >= 0.6 is 86.4 Å². The zero-order valence-electron chi connectivity index (χ0n) is 62.1. The molecule has 20 heteroatoms. The van der Waals surface area contributed by atoms with Crippen molar-refractivity contribution in [3.8, 4) is 0 Å². The second-order valence-electron chi connectivity index (χ2n) is 30.2. The van der Waals surface area contributed by atoms with Crippen LogP contribution in [0.4, 0.5) is 22.7 Å². The molecule has 4 fully saturated rings. The molecule has 10 heterocycles. The molecule has 18 rings (SSSR count). The van der Waals surface area contributed by atoms with Gasteiger partial charge in [-0.3, -0.25) is 19.2 Å². The average Bonchev–Trinajstić information content (AvgIpc) is 1.52. The number of fused-ring (bicyclic) bond motifs is 18. The fourth-order valence-corrected chi connectivity index (χ4v) is 19.6. The lowest BCUT2D eigenvalue weighted by Crippen LogP contribution is -2.49. The van der Waals surface area contributed by atoms with Crippen LogP contribution < -0.4 is 31.1 Å². The number of nitrogens with zero attached hydrogens (tertiary/aromatic N) is 4. The standard InChI is InChI=1S/C44H44N4O2S2.C42H40N4O2S2.2CH2S2/c1-42(2)36-18-8-6-5-7-9-19-37-43(3,4)41-33-17-13-11-15-31(33)21-23-35(41)48(37)27-25-39(50)46-29-44(51-52-44)28-45-38(49)24-26-47(36)34-22-20-30-14-10-12-16-32(30)40(34)42;1-40(2)34-18-8-6-5-7-9-19-35-41(3,4)39-31-17-13-11-15-29(31)21-23-33(39)46(35)27-25-37(48)44-42(49-50-42)43-36(47)24-26-45(34)32-22-20-28-14-10-12-16-30(28)38(32)40;2*1-2-3-1/h5-23H,24-29H2,1-4H3,(H-,45,46,49,50);5-23H,24-27H2,1-4H3,(H-,43,44,47,48);2*1H2/p+2. The Morgan fingerprint density at radius 3 is 1.10 bits per heavy atom. The number of carbonyl (C=O) groups is 4. The van der Waals surface area contributed by atoms with Gasteiger partial charge in [-0.05, 0) is 140 Å². The lowest BCUT2D eigenvalue weighted by molar-refractivity contribution is -0.436. The van der Waals surface area contributed by atoms with Gasteiger partial charge in [0.2, 0.25) is 39.3 Å². The van der Waals surface area contributed by atoms with Crippen LogP contribution in [0.1, 0.15) is 103 Å². The van der Waals surface area contributed by atoms with Crippen molar-refractivity contribution in [2.45, 2.75) is 111 Å². The summed E-state index contributed by atoms with van der Waals surface area (Å²) < 4.78 is 3.56. The van der Waals surface area contributed by atoms with E-state index in [4.69, 9.17) is 0 Å². The molecule has 10 aliphatic heterocycles. The number of carbonyl (C=O) groups excluding carboxylic acids is 4. The summed E-state index contributed by atoms with van der Waals surface area (Å²) in [6.45, 7) is 21.4. The lowest BCUT2D eigenvalue weighted by Gasteiger charge is -2.27. The molecule has 0 atom stereocenters. The van der Waals surface area contributed by atoms with Crippen LogP contribution in [0.2, 0.25) is 0 Å². The molecule has 0 radical (unpaired) electrons. The van der Waals surface area contributed by atoms with Gasteiger partial charge in [-0.1, -0.05) is 262 Å². The van der Waals surface area contributed by atoms with Crippen molar-refractivity contribution in [1.29, 1.82) is 0 Å². The normalized spacial score (nSPS) is 23.9. The van der Waals surface area contributed by atoms with E-state index >= 15 is 0 Å². The van der Waals surface area contributed by atoms with Crippen molar-refractivity contribution in [2.75, 3.05) is 59.2 Å². The number of rotatable bonds is 0. The fraction of sp³-hybridized carbons (Fsp3) is 0.295. The van der Waals surface area contributed by atoms with E-state index < -0.39 is 4.33 Å². The number of anilines is 2. The molecule has 0 unspecified atom stereocenters. The molecule has 552 valence electrons. The van der Waals surface area contributed by atoms with Crippen LogP contribution in [0.15, 0.2) is 242 Å². The van der Waals surface area contributed by atoms with Gasteiger partial charge >= 0.3 is 0 Å². The average molecular weight is 1580 g/mol. The van der Waals surface area contributed by atoms with Crippen molar-refractivity contribution in [3.63, 3.8) is 0 Å². The van der Waals surface area contributed by atoms with E-state index in [0.717, 1.165) is 34.2 Å². The van der Waals surface area contributed by atoms with Gasteiger partial charge < -0.3 is 31.1 Å². The third-order valence-electron chi connectivity index (χ3n) is 21.7. The summed E-state index contributed by atoms with van der Waals surface area (Å²) in [6.07, 6.45) is 30.9. The summed E-state index contributed by atoms with van der Waals surface area (Å²) in [5.41, 5.74) is 13.3. The lowest BCUT2D eigenvalue weighted by atomic mass is 9.79. The predicted octanol–water partition coefficient (Wildman–Crippen LogP) is 20.3. The van der Waals surface area contributed by atoms with Crippen molar-refractivity contribution in [2.24, 2.45) is 0 Å². The molecule has 0 aliphatic carbocycles. The van der Waals surface area contributed by atoms with Gasteiger partial charge in [-0.25, -0.2) is 0 Å². The Bertz CT molecular complexity index is 5270. The maximum Gasteiger partial charge on any atom is 0.231 e. The maximum atomic E-state index is 13.5. The molecule has 8 aromatic rings. The maximum absolute atomic E-state index is 13.5. The number of amides is 4. The van der Waals surface area contributed by atoms with Gasteiger partial charge in [0.15, 0.2) is 24.5 Å². The molecule has 108 heavy (non-hydrogen) atoms. The van der Waals surface area contributed by atoms with Crippen LogP contribution in [0, 0.1) is 0 Å². The number of allylic oxidation sites excluding steroid dienone is 16. The predicted molar refractivity (Wildman–Crippen MR) is 470 cm³/mol. The summed E-state index contributed by atoms with van der Waals surface area (Å²) in [5, 5.41) is 25.1. The van der Waals surface area contributed by atoms with Gasteiger partial charge in [-0.2, -0.15) is 9.15 Å². The highest BCUT2D eigenvalue weighted by molar-refractivity contribution is 8.94. The van der Waals surface area contributed by atoms with Crippen LogP contribution in [-0.4, -0.2) is 102 Å². The topological polar surface area (TPSA) is 129 Å². The number of hydrogen-bond donors (Lipinski definition) is 4. The molecule has 4 saturated heterocycles. The number of nitrogens with one attached hydrogen (secondary N) is 4. The van der Waals surface area contributed by atoms with E-state index in [2.05, 4.69) is 326 Å². The molecule has 0 saturated carbocycles. The Hall–Kier alpha value is -7.66. The highest BCUT2D eigenvalue weighted by atomic mass is 33.2. The monoisotopic (exact) mass is 1580 g/mol. The Labute approximate surface area is 665 Å². The van der Waals surface area contributed by atoms with Crippen LogP contribution in [0.3, 0.4) is 0 Å². The van der Waals surface area contributed by atoms with Gasteiger partial charge in [-0.15, -0.1) is 0 Å². The molecule has 8 aromatic carbocycles. The van der Waals surface area contributed by atoms with Crippen molar-refractivity contribution < 1.29 is 28.3 Å². The highest BCUT2D eigenvalue weighted by Gasteiger charge is 2.52. The van der Waals surface area contributed by atoms with Gasteiger partial charge in [0.25, 0.3) is 0 Å². The fourth-order valence-electron chi connectivity index (χ4n) is 16.5. The first-order valence-electron chi connectivity index (χ1n) is 36.9. The van der Waals surface area contributed by atoms with Crippen molar-refractivity contribution in [3.05, 3.63) is 264 Å². The van der Waals surface area contributed by atoms with E-state index in [1.807, 2.05) is 43.2 Å². The van der Waals surface area contributed by atoms with Crippen molar-refractivity contribution >= 4 is 187 Å². The van der Waals surface area contributed by atoms with Crippen LogP contribution in [0.25, 0.3) is 43.1 Å². The van der Waals surface area contributed by atoms with Crippen LogP contribution in [0.5, 0.6) is 0 Å². The minimum atomic E-state index is -0.829.